The summed E-state index contributed by atoms with van der Waals surface area (Å²) in [7, 11) is 1.89. The molecule has 0 bridgehead atoms. The Morgan fingerprint density at radius 1 is 1.06 bits per heavy atom. The maximum atomic E-state index is 4.54. The van der Waals surface area contributed by atoms with E-state index in [2.05, 4.69) is 15.1 Å². The average molecular weight is 210 g/mol. The molecule has 0 atom stereocenters. The van der Waals surface area contributed by atoms with E-state index < -0.39 is 0 Å². The monoisotopic (exact) mass is 210 g/mol. The molecule has 4 heteroatoms. The van der Waals surface area contributed by atoms with E-state index in [0.717, 1.165) is 22.3 Å². The zero-order valence-corrected chi connectivity index (χ0v) is 8.83. The summed E-state index contributed by atoms with van der Waals surface area (Å²) in [5.74, 6) is 0. The topological polar surface area (TPSA) is 43.6 Å². The second-order valence-corrected chi connectivity index (χ2v) is 3.65. The van der Waals surface area contributed by atoms with Crippen molar-refractivity contribution in [1.29, 1.82) is 0 Å². The van der Waals surface area contributed by atoms with Crippen LogP contribution >= 0.6 is 0 Å². The first-order chi connectivity index (χ1) is 7.83. The Morgan fingerprint density at radius 3 is 2.62 bits per heavy atom. The Balaban J connectivity index is 2.18. The van der Waals surface area contributed by atoms with Gasteiger partial charge in [0, 0.05) is 18.8 Å². The zero-order valence-electron chi connectivity index (χ0n) is 8.83. The van der Waals surface area contributed by atoms with E-state index in [1.807, 2.05) is 37.5 Å². The Kier molecular flexibility index (Phi) is 1.93. The highest BCUT2D eigenvalue weighted by molar-refractivity contribution is 5.76. The average Bonchev–Trinajstić information content (AvgIpc) is 2.75. The molecule has 0 aliphatic carbocycles. The van der Waals surface area contributed by atoms with E-state index in [4.69, 9.17) is 0 Å². The number of benzene rings is 1. The van der Waals surface area contributed by atoms with E-state index in [1.165, 1.54) is 0 Å². The van der Waals surface area contributed by atoms with Gasteiger partial charge in [0.25, 0.3) is 0 Å². The fraction of sp³-hybridized carbons (Fsp3) is 0.0833. The maximum absolute atomic E-state index is 4.54. The van der Waals surface area contributed by atoms with Crippen molar-refractivity contribution < 1.29 is 0 Å². The molecule has 0 fully saturated rings. The van der Waals surface area contributed by atoms with Crippen LogP contribution < -0.4 is 0 Å². The van der Waals surface area contributed by atoms with Crippen molar-refractivity contribution in [3.05, 3.63) is 42.9 Å². The highest BCUT2D eigenvalue weighted by Gasteiger charge is 2.03. The van der Waals surface area contributed by atoms with Crippen molar-refractivity contribution in [3.63, 3.8) is 0 Å². The number of nitrogens with zero attached hydrogens (tertiary/aromatic N) is 4. The van der Waals surface area contributed by atoms with Crippen LogP contribution in [-0.4, -0.2) is 19.7 Å². The third-order valence-electron chi connectivity index (χ3n) is 2.45. The summed E-state index contributed by atoms with van der Waals surface area (Å²) in [4.78, 5) is 8.91. The molecule has 3 rings (SSSR count). The number of aromatic nitrogens is 4. The smallest absolute Gasteiger partial charge is 0.0924 e. The molecular formula is C12H10N4. The van der Waals surface area contributed by atoms with Crippen LogP contribution in [0.5, 0.6) is 0 Å². The molecule has 0 saturated carbocycles. The third-order valence-corrected chi connectivity index (χ3v) is 2.45. The Labute approximate surface area is 92.6 Å². The lowest BCUT2D eigenvalue weighted by Crippen LogP contribution is -1.87. The number of rotatable bonds is 1. The second-order valence-electron chi connectivity index (χ2n) is 3.65. The minimum atomic E-state index is 0.854. The van der Waals surface area contributed by atoms with Gasteiger partial charge in [-0.2, -0.15) is 5.10 Å². The van der Waals surface area contributed by atoms with Gasteiger partial charge in [-0.3, -0.25) is 9.67 Å². The molecule has 16 heavy (non-hydrogen) atoms. The molecule has 4 nitrogen and oxygen atoms in total. The molecule has 78 valence electrons. The number of fused-ring (bicyclic) bond motifs is 1. The highest BCUT2D eigenvalue weighted by Crippen LogP contribution is 2.17. The minimum Gasteiger partial charge on any atom is -0.275 e. The van der Waals surface area contributed by atoms with Gasteiger partial charge in [0.05, 0.1) is 29.1 Å². The number of hydrogen-bond acceptors (Lipinski definition) is 3. The Morgan fingerprint density at radius 2 is 1.88 bits per heavy atom. The summed E-state index contributed by atoms with van der Waals surface area (Å²) >= 11 is 0. The summed E-state index contributed by atoms with van der Waals surface area (Å²) in [6, 6.07) is 7.84. The lowest BCUT2D eigenvalue weighted by Gasteiger charge is -1.98. The molecule has 1 aromatic carbocycles. The van der Waals surface area contributed by atoms with Gasteiger partial charge in [-0.1, -0.05) is 12.1 Å². The lowest BCUT2D eigenvalue weighted by atomic mass is 10.2. The number of para-hydroxylation sites is 2. The predicted molar refractivity (Wildman–Crippen MR) is 61.7 cm³/mol. The molecular weight excluding hydrogens is 200 g/mol. The first-order valence-electron chi connectivity index (χ1n) is 5.04. The van der Waals surface area contributed by atoms with Gasteiger partial charge < -0.3 is 0 Å². The van der Waals surface area contributed by atoms with Crippen molar-refractivity contribution >= 4 is 11.0 Å². The first kappa shape index (κ1) is 9.03. The van der Waals surface area contributed by atoms with Crippen molar-refractivity contribution in [2.45, 2.75) is 0 Å². The van der Waals surface area contributed by atoms with Crippen LogP contribution in [0, 0.1) is 0 Å². The van der Waals surface area contributed by atoms with Gasteiger partial charge in [-0.15, -0.1) is 0 Å². The molecule has 0 radical (unpaired) electrons. The van der Waals surface area contributed by atoms with Gasteiger partial charge >= 0.3 is 0 Å². The third kappa shape index (κ3) is 1.44. The van der Waals surface area contributed by atoms with Crippen LogP contribution in [0.4, 0.5) is 0 Å². The van der Waals surface area contributed by atoms with Crippen LogP contribution in [0.15, 0.2) is 42.9 Å². The molecule has 0 saturated heterocycles. The van der Waals surface area contributed by atoms with E-state index in [0.29, 0.717) is 0 Å². The normalized spacial score (nSPS) is 10.8. The summed E-state index contributed by atoms with van der Waals surface area (Å²) in [6.45, 7) is 0. The fourth-order valence-electron chi connectivity index (χ4n) is 1.65. The summed E-state index contributed by atoms with van der Waals surface area (Å²) in [6.07, 6.45) is 5.50. The van der Waals surface area contributed by atoms with E-state index in [9.17, 15) is 0 Å². The quantitative estimate of drug-likeness (QED) is 0.617. The summed E-state index contributed by atoms with van der Waals surface area (Å²) in [5.41, 5.74) is 3.66. The molecule has 0 spiro atoms. The second kappa shape index (κ2) is 3.41. The first-order valence-corrected chi connectivity index (χ1v) is 5.04. The van der Waals surface area contributed by atoms with E-state index >= 15 is 0 Å². The largest absolute Gasteiger partial charge is 0.275 e. The number of aryl methyl sites for hydroxylation is 1. The summed E-state index contributed by atoms with van der Waals surface area (Å²) < 4.78 is 1.76. The fourth-order valence-corrected chi connectivity index (χ4v) is 1.65. The number of hydrogen-bond donors (Lipinski definition) is 0. The Hall–Kier alpha value is -2.23. The molecule has 2 aromatic heterocycles. The predicted octanol–water partition coefficient (Wildman–Crippen LogP) is 2.03. The van der Waals surface area contributed by atoms with Crippen LogP contribution in [-0.2, 0) is 7.05 Å². The lowest BCUT2D eigenvalue weighted by molar-refractivity contribution is 0.768. The molecule has 2 heterocycles. The van der Waals surface area contributed by atoms with Gasteiger partial charge in [0.1, 0.15) is 0 Å². The molecule has 0 unspecified atom stereocenters. The van der Waals surface area contributed by atoms with Crippen LogP contribution in [0.2, 0.25) is 0 Å². The minimum absolute atomic E-state index is 0.854. The van der Waals surface area contributed by atoms with Crippen molar-refractivity contribution in [2.24, 2.45) is 7.05 Å². The van der Waals surface area contributed by atoms with Crippen molar-refractivity contribution in [2.75, 3.05) is 0 Å². The standard InChI is InChI=1S/C12H10N4/c1-16-8-9(6-14-16)12-7-13-10-4-2-3-5-11(10)15-12/h2-8H,1H3. The molecule has 3 aromatic rings. The Bertz CT molecular complexity index is 642. The highest BCUT2D eigenvalue weighted by atomic mass is 15.2. The van der Waals surface area contributed by atoms with Gasteiger partial charge in [0.15, 0.2) is 0 Å². The van der Waals surface area contributed by atoms with Crippen molar-refractivity contribution in [3.8, 4) is 11.3 Å². The maximum Gasteiger partial charge on any atom is 0.0924 e. The van der Waals surface area contributed by atoms with Crippen LogP contribution in [0.1, 0.15) is 0 Å². The van der Waals surface area contributed by atoms with E-state index in [1.54, 1.807) is 17.1 Å². The molecule has 0 amide bonds. The van der Waals surface area contributed by atoms with Gasteiger partial charge in [-0.25, -0.2) is 4.98 Å². The molecule has 0 aliphatic heterocycles. The zero-order chi connectivity index (χ0) is 11.0. The van der Waals surface area contributed by atoms with Crippen LogP contribution in [0.25, 0.3) is 22.3 Å². The molecule has 0 N–H and O–H groups in total. The summed E-state index contributed by atoms with van der Waals surface area (Å²) in [5, 5.41) is 4.12. The molecule has 0 aliphatic rings. The SMILES string of the molecule is Cn1cc(-c2cnc3ccccc3n2)cn1. The van der Waals surface area contributed by atoms with Gasteiger partial charge in [0.2, 0.25) is 0 Å². The van der Waals surface area contributed by atoms with Crippen LogP contribution in [0.3, 0.4) is 0 Å². The van der Waals surface area contributed by atoms with Crippen molar-refractivity contribution in [1.82, 2.24) is 19.7 Å². The van der Waals surface area contributed by atoms with E-state index in [-0.39, 0.29) is 0 Å². The van der Waals surface area contributed by atoms with Gasteiger partial charge in [-0.05, 0) is 12.1 Å².